The van der Waals surface area contributed by atoms with Gasteiger partial charge in [0.2, 0.25) is 4.80 Å². The number of rotatable bonds is 9. The minimum atomic E-state index is 0.482. The van der Waals surface area contributed by atoms with Gasteiger partial charge in [-0.1, -0.05) is 6.08 Å². The van der Waals surface area contributed by atoms with Crippen LogP contribution in [0.25, 0.3) is 11.3 Å². The van der Waals surface area contributed by atoms with Gasteiger partial charge in [-0.2, -0.15) is 5.10 Å². The quantitative estimate of drug-likeness (QED) is 0.351. The second-order valence-corrected chi connectivity index (χ2v) is 7.50. The minimum absolute atomic E-state index is 0.482. The topological polar surface area (TPSA) is 66.6 Å². The Labute approximate surface area is 191 Å². The number of hydrogen-bond donors (Lipinski definition) is 0. The predicted molar refractivity (Wildman–Crippen MR) is 129 cm³/mol. The molecule has 0 atom stereocenters. The molecule has 0 saturated heterocycles. The van der Waals surface area contributed by atoms with Crippen molar-refractivity contribution in [2.24, 2.45) is 10.1 Å². The van der Waals surface area contributed by atoms with Gasteiger partial charge in [0.05, 0.1) is 46.4 Å². The molecule has 1 heterocycles. The van der Waals surface area contributed by atoms with Crippen molar-refractivity contribution in [2.45, 2.75) is 6.92 Å². The average molecular weight is 454 g/mol. The number of aromatic nitrogens is 1. The van der Waals surface area contributed by atoms with E-state index in [0.29, 0.717) is 23.8 Å². The molecule has 168 valence electrons. The van der Waals surface area contributed by atoms with Crippen LogP contribution in [-0.4, -0.2) is 45.4 Å². The molecule has 8 heteroatoms. The zero-order valence-corrected chi connectivity index (χ0v) is 19.7. The van der Waals surface area contributed by atoms with Crippen molar-refractivity contribution in [3.8, 4) is 34.3 Å². The Bertz CT molecular complexity index is 1190. The molecule has 0 aliphatic carbocycles. The second-order valence-electron chi connectivity index (χ2n) is 6.66. The first kappa shape index (κ1) is 23.1. The maximum absolute atomic E-state index is 5.60. The number of thiazole rings is 1. The van der Waals surface area contributed by atoms with E-state index in [1.54, 1.807) is 34.5 Å². The van der Waals surface area contributed by atoms with Crippen LogP contribution in [0.15, 0.2) is 64.5 Å². The fourth-order valence-electron chi connectivity index (χ4n) is 3.15. The summed E-state index contributed by atoms with van der Waals surface area (Å²) in [5.74, 6) is 2.82. The van der Waals surface area contributed by atoms with Crippen LogP contribution in [0.2, 0.25) is 0 Å². The van der Waals surface area contributed by atoms with E-state index < -0.39 is 0 Å². The van der Waals surface area contributed by atoms with E-state index in [-0.39, 0.29) is 0 Å². The lowest BCUT2D eigenvalue weighted by molar-refractivity contribution is 0.394. The number of nitrogens with zero attached hydrogens (tertiary/aromatic N) is 3. The third kappa shape index (κ3) is 4.86. The van der Waals surface area contributed by atoms with Crippen LogP contribution in [0, 0.1) is 0 Å². The first-order valence-corrected chi connectivity index (χ1v) is 10.8. The molecule has 0 aliphatic heterocycles. The Morgan fingerprint density at radius 2 is 1.66 bits per heavy atom. The van der Waals surface area contributed by atoms with Gasteiger partial charge in [-0.3, -0.25) is 4.99 Å². The van der Waals surface area contributed by atoms with Crippen LogP contribution >= 0.6 is 11.3 Å². The molecule has 32 heavy (non-hydrogen) atoms. The summed E-state index contributed by atoms with van der Waals surface area (Å²) in [6.45, 7) is 6.18. The lowest BCUT2D eigenvalue weighted by Crippen LogP contribution is -2.15. The highest BCUT2D eigenvalue weighted by atomic mass is 32.1. The van der Waals surface area contributed by atoms with Gasteiger partial charge in [-0.05, 0) is 37.3 Å². The van der Waals surface area contributed by atoms with Crippen molar-refractivity contribution in [3.05, 3.63) is 64.8 Å². The van der Waals surface area contributed by atoms with Crippen LogP contribution < -0.4 is 23.7 Å². The number of hydrogen-bond acceptors (Lipinski definition) is 7. The van der Waals surface area contributed by atoms with Crippen LogP contribution in [-0.2, 0) is 0 Å². The Morgan fingerprint density at radius 1 is 0.969 bits per heavy atom. The highest BCUT2D eigenvalue weighted by Gasteiger charge is 2.16. The second kappa shape index (κ2) is 10.7. The van der Waals surface area contributed by atoms with Crippen LogP contribution in [0.5, 0.6) is 23.0 Å². The van der Waals surface area contributed by atoms with Crippen molar-refractivity contribution >= 4 is 17.0 Å². The van der Waals surface area contributed by atoms with Crippen molar-refractivity contribution in [1.82, 2.24) is 4.68 Å². The van der Waals surface area contributed by atoms with Gasteiger partial charge < -0.3 is 18.9 Å². The summed E-state index contributed by atoms with van der Waals surface area (Å²) in [5, 5.41) is 6.91. The SMILES string of the molecule is C=CCN=c1scc(-c2cc(OC)ccc2OC)n1N=C(C)c1ccc(OC)cc1OC. The smallest absolute Gasteiger partial charge is 0.206 e. The standard InChI is InChI=1S/C24H27N3O4S/c1-7-12-25-24-27(26-16(2)19-10-8-18(29-4)14-23(19)31-6)21(15-32-24)20-13-17(28-3)9-11-22(20)30-5/h7-11,13-15H,1,12H2,2-6H3. The Morgan fingerprint density at radius 3 is 2.31 bits per heavy atom. The van der Waals surface area contributed by atoms with Crippen LogP contribution in [0.4, 0.5) is 0 Å². The monoisotopic (exact) mass is 453 g/mol. The first-order chi connectivity index (χ1) is 15.6. The summed E-state index contributed by atoms with van der Waals surface area (Å²) >= 11 is 1.49. The first-order valence-electron chi connectivity index (χ1n) is 9.88. The van der Waals surface area contributed by atoms with Gasteiger partial charge in [0.1, 0.15) is 23.0 Å². The zero-order valence-electron chi connectivity index (χ0n) is 18.9. The fraction of sp³-hybridized carbons (Fsp3) is 0.250. The molecule has 3 aromatic rings. The number of benzene rings is 2. The molecule has 0 spiro atoms. The third-order valence-electron chi connectivity index (χ3n) is 4.77. The number of ether oxygens (including phenoxy) is 4. The van der Waals surface area contributed by atoms with Gasteiger partial charge >= 0.3 is 0 Å². The fourth-order valence-corrected chi connectivity index (χ4v) is 3.98. The molecule has 2 aromatic carbocycles. The van der Waals surface area contributed by atoms with Crippen molar-refractivity contribution in [3.63, 3.8) is 0 Å². The van der Waals surface area contributed by atoms with E-state index in [0.717, 1.165) is 33.1 Å². The van der Waals surface area contributed by atoms with Gasteiger partial charge in [-0.25, -0.2) is 4.68 Å². The molecular formula is C24H27N3O4S. The largest absolute Gasteiger partial charge is 0.497 e. The molecule has 0 unspecified atom stereocenters. The Hall–Kier alpha value is -3.52. The van der Waals surface area contributed by atoms with Gasteiger partial charge in [-0.15, -0.1) is 17.9 Å². The molecule has 3 rings (SSSR count). The molecule has 0 radical (unpaired) electrons. The van der Waals surface area contributed by atoms with Gasteiger partial charge in [0, 0.05) is 22.6 Å². The summed E-state index contributed by atoms with van der Waals surface area (Å²) in [7, 11) is 6.52. The summed E-state index contributed by atoms with van der Waals surface area (Å²) in [6.07, 6.45) is 1.75. The predicted octanol–water partition coefficient (Wildman–Crippen LogP) is 4.61. The lowest BCUT2D eigenvalue weighted by Gasteiger charge is -2.13. The van der Waals surface area contributed by atoms with E-state index in [9.17, 15) is 0 Å². The maximum Gasteiger partial charge on any atom is 0.206 e. The summed E-state index contributed by atoms with van der Waals surface area (Å²) in [5.41, 5.74) is 3.29. The van der Waals surface area contributed by atoms with Crippen molar-refractivity contribution in [2.75, 3.05) is 35.0 Å². The highest BCUT2D eigenvalue weighted by Crippen LogP contribution is 2.34. The zero-order chi connectivity index (χ0) is 23.1. The average Bonchev–Trinajstić information content (AvgIpc) is 3.23. The number of methoxy groups -OCH3 is 4. The lowest BCUT2D eigenvalue weighted by atomic mass is 10.1. The maximum atomic E-state index is 5.60. The molecule has 0 amide bonds. The normalized spacial score (nSPS) is 11.9. The van der Waals surface area contributed by atoms with Gasteiger partial charge in [0.25, 0.3) is 0 Å². The van der Waals surface area contributed by atoms with Crippen molar-refractivity contribution < 1.29 is 18.9 Å². The summed E-state index contributed by atoms with van der Waals surface area (Å²) in [6, 6.07) is 11.3. The Balaban J connectivity index is 2.22. The summed E-state index contributed by atoms with van der Waals surface area (Å²) < 4.78 is 23.7. The molecule has 0 fully saturated rings. The van der Waals surface area contributed by atoms with E-state index >= 15 is 0 Å². The van der Waals surface area contributed by atoms with E-state index in [1.807, 2.05) is 53.4 Å². The van der Waals surface area contributed by atoms with E-state index in [2.05, 4.69) is 11.6 Å². The Kier molecular flexibility index (Phi) is 7.72. The molecule has 0 bridgehead atoms. The van der Waals surface area contributed by atoms with Crippen molar-refractivity contribution in [1.29, 1.82) is 0 Å². The molecular weight excluding hydrogens is 426 g/mol. The third-order valence-corrected chi connectivity index (χ3v) is 5.63. The highest BCUT2D eigenvalue weighted by molar-refractivity contribution is 7.07. The molecule has 0 aliphatic rings. The summed E-state index contributed by atoms with van der Waals surface area (Å²) in [4.78, 5) is 5.35. The minimum Gasteiger partial charge on any atom is -0.497 e. The molecule has 1 aromatic heterocycles. The molecule has 7 nitrogen and oxygen atoms in total. The van der Waals surface area contributed by atoms with Gasteiger partial charge in [0.15, 0.2) is 0 Å². The molecule has 0 N–H and O–H groups in total. The van der Waals surface area contributed by atoms with Crippen LogP contribution in [0.1, 0.15) is 12.5 Å². The van der Waals surface area contributed by atoms with E-state index in [4.69, 9.17) is 24.0 Å². The molecule has 0 saturated carbocycles. The van der Waals surface area contributed by atoms with E-state index in [1.165, 1.54) is 11.3 Å². The van der Waals surface area contributed by atoms with Crippen LogP contribution in [0.3, 0.4) is 0 Å².